The molecule has 1 heterocycles. The molecule has 0 radical (unpaired) electrons. The molecule has 2 N–H and O–H groups in total. The zero-order valence-corrected chi connectivity index (χ0v) is 18.7. The van der Waals surface area contributed by atoms with E-state index in [0.717, 1.165) is 0 Å². The van der Waals surface area contributed by atoms with Crippen molar-refractivity contribution in [2.24, 2.45) is 0 Å². The first-order chi connectivity index (χ1) is 15.7. The maximum absolute atomic E-state index is 12.8. The van der Waals surface area contributed by atoms with Gasteiger partial charge in [-0.2, -0.15) is 0 Å². The highest BCUT2D eigenvalue weighted by molar-refractivity contribution is 7.92. The molecule has 8 nitrogen and oxygen atoms in total. The van der Waals surface area contributed by atoms with Crippen molar-refractivity contribution in [1.82, 2.24) is 9.88 Å². The van der Waals surface area contributed by atoms with Gasteiger partial charge in [-0.05, 0) is 48.5 Å². The van der Waals surface area contributed by atoms with Crippen LogP contribution < -0.4 is 9.46 Å². The van der Waals surface area contributed by atoms with Gasteiger partial charge in [0.25, 0.3) is 21.7 Å². The summed E-state index contributed by atoms with van der Waals surface area (Å²) in [5.41, 5.74) is 1.07. The first-order valence-corrected chi connectivity index (χ1v) is 11.5. The summed E-state index contributed by atoms with van der Waals surface area (Å²) in [6.45, 7) is 0. The second kappa shape index (κ2) is 8.79. The van der Waals surface area contributed by atoms with E-state index in [1.54, 1.807) is 36.4 Å². The number of likely N-dealkylation sites (N-methyl/N-ethyl adjacent to an activating group) is 1. The third-order valence-electron chi connectivity index (χ3n) is 4.89. The summed E-state index contributed by atoms with van der Waals surface area (Å²) in [6.07, 6.45) is 1.44. The standard InChI is InChI=1S/C24H21N3O5S/c1-27(2)24(29)23(28)21-15-25-22-14-16(8-13-20(21)22)26-33(30,31)19-11-9-18(10-12-19)32-17-6-4-3-5-7-17/h3-15,25-26H,1-2H3. The van der Waals surface area contributed by atoms with E-state index in [-0.39, 0.29) is 10.5 Å². The van der Waals surface area contributed by atoms with Crippen LogP contribution in [-0.4, -0.2) is 44.1 Å². The fourth-order valence-electron chi connectivity index (χ4n) is 3.22. The summed E-state index contributed by atoms with van der Waals surface area (Å²) in [5.74, 6) is -0.120. The molecule has 0 fully saturated rings. The van der Waals surface area contributed by atoms with Gasteiger partial charge < -0.3 is 14.6 Å². The van der Waals surface area contributed by atoms with E-state index < -0.39 is 21.7 Å². The Hall–Kier alpha value is -4.11. The molecule has 4 rings (SSSR count). The van der Waals surface area contributed by atoms with Gasteiger partial charge in [-0.15, -0.1) is 0 Å². The van der Waals surface area contributed by atoms with Gasteiger partial charge in [0.15, 0.2) is 0 Å². The van der Waals surface area contributed by atoms with Crippen LogP contribution in [-0.2, 0) is 14.8 Å². The molecule has 4 aromatic rings. The average Bonchev–Trinajstić information content (AvgIpc) is 3.22. The lowest BCUT2D eigenvalue weighted by Crippen LogP contribution is -2.29. The van der Waals surface area contributed by atoms with Gasteiger partial charge in [-0.25, -0.2) is 8.42 Å². The van der Waals surface area contributed by atoms with E-state index >= 15 is 0 Å². The third kappa shape index (κ3) is 4.73. The summed E-state index contributed by atoms with van der Waals surface area (Å²) in [6, 6.07) is 19.9. The predicted molar refractivity (Wildman–Crippen MR) is 125 cm³/mol. The minimum Gasteiger partial charge on any atom is -0.457 e. The van der Waals surface area contributed by atoms with E-state index in [1.165, 1.54) is 43.4 Å². The van der Waals surface area contributed by atoms with Crippen LogP contribution in [0.1, 0.15) is 10.4 Å². The first-order valence-electron chi connectivity index (χ1n) is 9.97. The fraction of sp³-hybridized carbons (Fsp3) is 0.0833. The number of nitrogens with one attached hydrogen (secondary N) is 2. The predicted octanol–water partition coefficient (Wildman–Crippen LogP) is 4.03. The number of amides is 1. The minimum atomic E-state index is -3.85. The van der Waals surface area contributed by atoms with Crippen LogP contribution in [0.15, 0.2) is 83.9 Å². The number of anilines is 1. The van der Waals surface area contributed by atoms with E-state index in [9.17, 15) is 18.0 Å². The van der Waals surface area contributed by atoms with E-state index in [1.807, 2.05) is 18.2 Å². The van der Waals surface area contributed by atoms with Gasteiger partial charge in [0.05, 0.1) is 16.1 Å². The number of aromatic amines is 1. The molecule has 168 valence electrons. The molecule has 0 atom stereocenters. The number of aromatic nitrogens is 1. The SMILES string of the molecule is CN(C)C(=O)C(=O)c1c[nH]c2cc(NS(=O)(=O)c3ccc(Oc4ccccc4)cc3)ccc12. The molecule has 0 spiro atoms. The number of ketones is 1. The van der Waals surface area contributed by atoms with Crippen molar-refractivity contribution in [3.05, 3.63) is 84.6 Å². The Labute approximate surface area is 190 Å². The topological polar surface area (TPSA) is 109 Å². The molecule has 9 heteroatoms. The average molecular weight is 464 g/mol. The third-order valence-corrected chi connectivity index (χ3v) is 6.29. The van der Waals surface area contributed by atoms with Crippen molar-refractivity contribution in [2.45, 2.75) is 4.90 Å². The molecule has 1 aromatic heterocycles. The number of ether oxygens (including phenoxy) is 1. The molecule has 3 aromatic carbocycles. The largest absolute Gasteiger partial charge is 0.457 e. The van der Waals surface area contributed by atoms with Gasteiger partial charge in [0.1, 0.15) is 11.5 Å². The summed E-state index contributed by atoms with van der Waals surface area (Å²) in [5, 5.41) is 0.528. The molecule has 0 aliphatic heterocycles. The summed E-state index contributed by atoms with van der Waals surface area (Å²) < 4.78 is 33.9. The number of rotatable bonds is 7. The summed E-state index contributed by atoms with van der Waals surface area (Å²) in [7, 11) is -0.848. The number of H-pyrrole nitrogens is 1. The Morgan fingerprint density at radius 2 is 1.58 bits per heavy atom. The van der Waals surface area contributed by atoms with E-state index in [0.29, 0.717) is 28.1 Å². The summed E-state index contributed by atoms with van der Waals surface area (Å²) >= 11 is 0. The van der Waals surface area contributed by atoms with Gasteiger partial charge >= 0.3 is 0 Å². The van der Waals surface area contributed by atoms with Crippen molar-refractivity contribution in [3.63, 3.8) is 0 Å². The van der Waals surface area contributed by atoms with Gasteiger partial charge in [0, 0.05) is 31.2 Å². The maximum atomic E-state index is 12.8. The van der Waals surface area contributed by atoms with Crippen LogP contribution in [0.2, 0.25) is 0 Å². The first kappa shape index (κ1) is 22.1. The Balaban J connectivity index is 1.52. The van der Waals surface area contributed by atoms with Crippen LogP contribution in [0.5, 0.6) is 11.5 Å². The number of carbonyl (C=O) groups excluding carboxylic acids is 2. The highest BCUT2D eigenvalue weighted by Crippen LogP contribution is 2.26. The molecule has 0 aliphatic carbocycles. The lowest BCUT2D eigenvalue weighted by atomic mass is 10.1. The van der Waals surface area contributed by atoms with Crippen LogP contribution in [0, 0.1) is 0 Å². The van der Waals surface area contributed by atoms with Crippen molar-refractivity contribution in [1.29, 1.82) is 0 Å². The Morgan fingerprint density at radius 3 is 2.24 bits per heavy atom. The molecule has 0 unspecified atom stereocenters. The van der Waals surface area contributed by atoms with E-state index in [4.69, 9.17) is 4.74 Å². The number of hydrogen-bond donors (Lipinski definition) is 2. The smallest absolute Gasteiger partial charge is 0.294 e. The van der Waals surface area contributed by atoms with Gasteiger partial charge in [0.2, 0.25) is 0 Å². The second-order valence-corrected chi connectivity index (χ2v) is 9.17. The summed E-state index contributed by atoms with van der Waals surface area (Å²) in [4.78, 5) is 28.6. The van der Waals surface area contributed by atoms with E-state index in [2.05, 4.69) is 9.71 Å². The maximum Gasteiger partial charge on any atom is 0.294 e. The number of para-hydroxylation sites is 1. The van der Waals surface area contributed by atoms with Crippen LogP contribution in [0.3, 0.4) is 0 Å². The normalized spacial score (nSPS) is 11.2. The van der Waals surface area contributed by atoms with Crippen molar-refractivity contribution in [3.8, 4) is 11.5 Å². The Kier molecular flexibility index (Phi) is 5.89. The monoisotopic (exact) mass is 463 g/mol. The molecule has 33 heavy (non-hydrogen) atoms. The number of nitrogens with zero attached hydrogens (tertiary/aromatic N) is 1. The number of fused-ring (bicyclic) bond motifs is 1. The Bertz CT molecular complexity index is 1430. The van der Waals surface area contributed by atoms with Crippen LogP contribution in [0.4, 0.5) is 5.69 Å². The molecule has 0 saturated carbocycles. The zero-order chi connectivity index (χ0) is 23.6. The number of hydrogen-bond acceptors (Lipinski definition) is 5. The second-order valence-electron chi connectivity index (χ2n) is 7.48. The van der Waals surface area contributed by atoms with Gasteiger partial charge in [-0.3, -0.25) is 14.3 Å². The zero-order valence-electron chi connectivity index (χ0n) is 17.9. The highest BCUT2D eigenvalue weighted by atomic mass is 32.2. The molecular weight excluding hydrogens is 442 g/mol. The van der Waals surface area contributed by atoms with Gasteiger partial charge in [-0.1, -0.05) is 24.3 Å². The number of carbonyl (C=O) groups is 2. The minimum absolute atomic E-state index is 0.0712. The van der Waals surface area contributed by atoms with Crippen molar-refractivity contribution in [2.75, 3.05) is 18.8 Å². The fourth-order valence-corrected chi connectivity index (χ4v) is 4.27. The molecule has 1 amide bonds. The Morgan fingerprint density at radius 1 is 0.909 bits per heavy atom. The molecular formula is C24H21N3O5S. The molecule has 0 saturated heterocycles. The number of benzene rings is 3. The lowest BCUT2D eigenvalue weighted by molar-refractivity contribution is -0.124. The quantitative estimate of drug-likeness (QED) is 0.318. The highest BCUT2D eigenvalue weighted by Gasteiger charge is 2.22. The number of sulfonamides is 1. The van der Waals surface area contributed by atoms with Crippen molar-refractivity contribution >= 4 is 38.3 Å². The van der Waals surface area contributed by atoms with Crippen LogP contribution in [0.25, 0.3) is 10.9 Å². The number of Topliss-reactive ketones (excluding diaryl/α,β-unsaturated/α-hetero) is 1. The molecule has 0 bridgehead atoms. The molecule has 0 aliphatic rings. The van der Waals surface area contributed by atoms with Crippen molar-refractivity contribution < 1.29 is 22.7 Å². The lowest BCUT2D eigenvalue weighted by Gasteiger charge is -2.10. The van der Waals surface area contributed by atoms with Crippen LogP contribution >= 0.6 is 0 Å².